The van der Waals surface area contributed by atoms with Crippen molar-refractivity contribution in [2.45, 2.75) is 31.8 Å². The highest BCUT2D eigenvalue weighted by atomic mass is 32.1. The predicted octanol–water partition coefficient (Wildman–Crippen LogP) is 1.99. The molecule has 1 saturated heterocycles. The largest absolute Gasteiger partial charge is 0.465 e. The van der Waals surface area contributed by atoms with Gasteiger partial charge in [0.15, 0.2) is 0 Å². The fourth-order valence-electron chi connectivity index (χ4n) is 2.06. The molecule has 0 unspecified atom stereocenters. The number of esters is 1. The van der Waals surface area contributed by atoms with E-state index < -0.39 is 0 Å². The maximum absolute atomic E-state index is 11.5. The van der Waals surface area contributed by atoms with E-state index in [0.717, 1.165) is 32.4 Å². The fraction of sp³-hybridized carbons (Fsp3) is 0.643. The van der Waals surface area contributed by atoms with Crippen LogP contribution in [0.5, 0.6) is 0 Å². The van der Waals surface area contributed by atoms with Crippen molar-refractivity contribution in [1.29, 1.82) is 0 Å². The first-order chi connectivity index (χ1) is 9.34. The molecular formula is C14H21NO3S. The zero-order valence-electron chi connectivity index (χ0n) is 11.1. The van der Waals surface area contributed by atoms with E-state index in [1.54, 1.807) is 11.3 Å². The quantitative estimate of drug-likeness (QED) is 0.778. The Hall–Kier alpha value is -0.910. The molecule has 19 heavy (non-hydrogen) atoms. The lowest BCUT2D eigenvalue weighted by Gasteiger charge is -2.22. The van der Waals surface area contributed by atoms with Gasteiger partial charge in [-0.15, -0.1) is 11.3 Å². The molecule has 0 spiro atoms. The normalized spacial score (nSPS) is 16.4. The van der Waals surface area contributed by atoms with Crippen LogP contribution in [0.3, 0.4) is 0 Å². The minimum Gasteiger partial charge on any atom is -0.465 e. The van der Waals surface area contributed by atoms with Gasteiger partial charge in [-0.3, -0.25) is 4.79 Å². The monoisotopic (exact) mass is 283 g/mol. The van der Waals surface area contributed by atoms with Gasteiger partial charge in [-0.05, 0) is 37.4 Å². The average Bonchev–Trinajstić information content (AvgIpc) is 2.93. The Morgan fingerprint density at radius 3 is 2.95 bits per heavy atom. The molecule has 0 saturated carbocycles. The number of carbonyl (C=O) groups excluding carboxylic acids is 1. The molecular weight excluding hydrogens is 262 g/mol. The molecule has 1 fully saturated rings. The molecule has 106 valence electrons. The van der Waals surface area contributed by atoms with Crippen LogP contribution in [0.25, 0.3) is 0 Å². The minimum atomic E-state index is -0.162. The van der Waals surface area contributed by atoms with Gasteiger partial charge in [0.25, 0.3) is 0 Å². The minimum absolute atomic E-state index is 0.162. The number of ether oxygens (including phenoxy) is 2. The molecule has 0 amide bonds. The van der Waals surface area contributed by atoms with Gasteiger partial charge in [0.2, 0.25) is 0 Å². The summed E-state index contributed by atoms with van der Waals surface area (Å²) in [5.74, 6) is -0.162. The second kappa shape index (κ2) is 8.30. The lowest BCUT2D eigenvalue weighted by atomic mass is 10.1. The Balaban J connectivity index is 1.49. The Morgan fingerprint density at radius 1 is 1.37 bits per heavy atom. The van der Waals surface area contributed by atoms with Crippen LogP contribution in [0.2, 0.25) is 0 Å². The Kier molecular flexibility index (Phi) is 6.33. The van der Waals surface area contributed by atoms with Gasteiger partial charge in [-0.1, -0.05) is 6.07 Å². The van der Waals surface area contributed by atoms with Crippen LogP contribution >= 0.6 is 11.3 Å². The van der Waals surface area contributed by atoms with Crippen LogP contribution in [0, 0.1) is 0 Å². The number of piperidine rings is 1. The molecule has 0 atom stereocenters. The molecule has 0 radical (unpaired) electrons. The first kappa shape index (κ1) is 14.5. The first-order valence-electron chi connectivity index (χ1n) is 6.85. The van der Waals surface area contributed by atoms with Crippen molar-refractivity contribution in [3.05, 3.63) is 22.4 Å². The summed E-state index contributed by atoms with van der Waals surface area (Å²) in [5.41, 5.74) is 0. The van der Waals surface area contributed by atoms with E-state index in [1.165, 1.54) is 4.88 Å². The summed E-state index contributed by atoms with van der Waals surface area (Å²) < 4.78 is 10.8. The Morgan fingerprint density at radius 2 is 2.21 bits per heavy atom. The maximum atomic E-state index is 11.5. The topological polar surface area (TPSA) is 47.6 Å². The zero-order chi connectivity index (χ0) is 13.3. The Bertz CT molecular complexity index is 361. The van der Waals surface area contributed by atoms with Gasteiger partial charge in [0.1, 0.15) is 0 Å². The van der Waals surface area contributed by atoms with E-state index in [0.29, 0.717) is 25.7 Å². The molecule has 1 aromatic rings. The lowest BCUT2D eigenvalue weighted by molar-refractivity contribution is -0.145. The van der Waals surface area contributed by atoms with Crippen molar-refractivity contribution in [3.63, 3.8) is 0 Å². The molecule has 2 heterocycles. The fourth-order valence-corrected chi connectivity index (χ4v) is 2.75. The summed E-state index contributed by atoms with van der Waals surface area (Å²) in [6, 6.07) is 4.06. The summed E-state index contributed by atoms with van der Waals surface area (Å²) >= 11 is 1.69. The van der Waals surface area contributed by atoms with Gasteiger partial charge in [-0.2, -0.15) is 0 Å². The van der Waals surface area contributed by atoms with Gasteiger partial charge < -0.3 is 14.8 Å². The van der Waals surface area contributed by atoms with Crippen LogP contribution in [0.4, 0.5) is 0 Å². The van der Waals surface area contributed by atoms with Crippen molar-refractivity contribution < 1.29 is 14.3 Å². The number of carbonyl (C=O) groups is 1. The van der Waals surface area contributed by atoms with Crippen LogP contribution in [-0.4, -0.2) is 38.4 Å². The molecule has 0 aromatic carbocycles. The molecule has 0 bridgehead atoms. The van der Waals surface area contributed by atoms with Crippen LogP contribution < -0.4 is 5.32 Å². The lowest BCUT2D eigenvalue weighted by Crippen LogP contribution is -2.32. The van der Waals surface area contributed by atoms with Crippen molar-refractivity contribution in [2.24, 2.45) is 0 Å². The number of hydrogen-bond donors (Lipinski definition) is 1. The van der Waals surface area contributed by atoms with E-state index in [-0.39, 0.29) is 5.97 Å². The van der Waals surface area contributed by atoms with Crippen molar-refractivity contribution in [3.8, 4) is 0 Å². The van der Waals surface area contributed by atoms with Gasteiger partial charge in [-0.25, -0.2) is 0 Å². The molecule has 1 N–H and O–H groups in total. The second-order valence-electron chi connectivity index (χ2n) is 4.62. The molecule has 1 aromatic heterocycles. The Labute approximate surface area is 118 Å². The molecule has 4 nitrogen and oxygen atoms in total. The summed E-state index contributed by atoms with van der Waals surface area (Å²) in [5, 5.41) is 5.32. The second-order valence-corrected chi connectivity index (χ2v) is 5.65. The zero-order valence-corrected chi connectivity index (χ0v) is 11.9. The van der Waals surface area contributed by atoms with E-state index >= 15 is 0 Å². The smallest absolute Gasteiger partial charge is 0.308 e. The van der Waals surface area contributed by atoms with Gasteiger partial charge in [0, 0.05) is 11.3 Å². The highest BCUT2D eigenvalue weighted by Gasteiger charge is 2.13. The van der Waals surface area contributed by atoms with E-state index in [4.69, 9.17) is 9.47 Å². The van der Waals surface area contributed by atoms with Crippen molar-refractivity contribution in [1.82, 2.24) is 5.32 Å². The highest BCUT2D eigenvalue weighted by molar-refractivity contribution is 7.09. The van der Waals surface area contributed by atoms with Crippen LogP contribution in [0.15, 0.2) is 17.5 Å². The summed E-state index contributed by atoms with van der Waals surface area (Å²) in [6.45, 7) is 2.96. The average molecular weight is 283 g/mol. The van der Waals surface area contributed by atoms with Gasteiger partial charge >= 0.3 is 5.97 Å². The first-order valence-corrected chi connectivity index (χ1v) is 7.73. The molecule has 5 heteroatoms. The third-order valence-corrected chi connectivity index (χ3v) is 4.07. The van der Waals surface area contributed by atoms with Crippen molar-refractivity contribution >= 4 is 17.3 Å². The number of rotatable bonds is 7. The molecule has 1 aliphatic heterocycles. The summed E-state index contributed by atoms with van der Waals surface area (Å²) in [7, 11) is 0. The van der Waals surface area contributed by atoms with E-state index in [9.17, 15) is 4.79 Å². The van der Waals surface area contributed by atoms with Gasteiger partial charge in [0.05, 0.1) is 25.7 Å². The maximum Gasteiger partial charge on any atom is 0.308 e. The third-order valence-electron chi connectivity index (χ3n) is 3.14. The third kappa shape index (κ3) is 5.72. The van der Waals surface area contributed by atoms with Crippen LogP contribution in [-0.2, 0) is 20.7 Å². The summed E-state index contributed by atoms with van der Waals surface area (Å²) in [6.07, 6.45) is 3.54. The number of hydrogen-bond acceptors (Lipinski definition) is 5. The highest BCUT2D eigenvalue weighted by Crippen LogP contribution is 2.10. The standard InChI is InChI=1S/C14H21NO3S/c16-14(18-9-5-13-2-1-11-19-13)6-10-17-12-3-7-15-8-4-12/h1-2,11-12,15H,3-10H2. The van der Waals surface area contributed by atoms with E-state index in [1.807, 2.05) is 11.4 Å². The van der Waals surface area contributed by atoms with Crippen LogP contribution in [0.1, 0.15) is 24.1 Å². The predicted molar refractivity (Wildman–Crippen MR) is 75.4 cm³/mol. The van der Waals surface area contributed by atoms with E-state index in [2.05, 4.69) is 11.4 Å². The summed E-state index contributed by atoms with van der Waals surface area (Å²) in [4.78, 5) is 12.8. The molecule has 2 rings (SSSR count). The SMILES string of the molecule is O=C(CCOC1CCNCC1)OCCc1cccs1. The number of nitrogens with one attached hydrogen (secondary N) is 1. The molecule has 1 aliphatic rings. The number of thiophene rings is 1. The van der Waals surface area contributed by atoms with Crippen molar-refractivity contribution in [2.75, 3.05) is 26.3 Å². The molecule has 0 aliphatic carbocycles.